The van der Waals surface area contributed by atoms with E-state index < -0.39 is 6.10 Å². The third-order valence-electron chi connectivity index (χ3n) is 2.97. The number of hydrogen-bond donors (Lipinski definition) is 2. The minimum atomic E-state index is -0.689. The van der Waals surface area contributed by atoms with Gasteiger partial charge in [0.05, 0.1) is 4.88 Å². The molecule has 3 rings (SSSR count). The lowest BCUT2D eigenvalue weighted by molar-refractivity contribution is 0.0922. The first-order chi connectivity index (χ1) is 10.6. The lowest BCUT2D eigenvalue weighted by Gasteiger charge is -2.09. The molecule has 0 aliphatic rings. The van der Waals surface area contributed by atoms with Crippen LogP contribution >= 0.6 is 49.9 Å². The van der Waals surface area contributed by atoms with E-state index in [0.717, 1.165) is 14.2 Å². The molecule has 0 aliphatic heterocycles. The van der Waals surface area contributed by atoms with E-state index in [1.54, 1.807) is 28.7 Å². The van der Waals surface area contributed by atoms with Gasteiger partial charge in [-0.25, -0.2) is 0 Å². The van der Waals surface area contributed by atoms with Crippen molar-refractivity contribution < 1.29 is 9.90 Å². The van der Waals surface area contributed by atoms with Gasteiger partial charge in [-0.05, 0) is 45.6 Å². The molecule has 0 aliphatic carbocycles. The topological polar surface area (TPSA) is 49.3 Å². The van der Waals surface area contributed by atoms with Gasteiger partial charge in [0, 0.05) is 31.0 Å². The first-order valence-corrected chi connectivity index (χ1v) is 9.84. The first-order valence-electron chi connectivity index (χ1n) is 6.47. The molecule has 0 spiro atoms. The molecule has 7 heteroatoms. The van der Waals surface area contributed by atoms with Crippen LogP contribution in [0.1, 0.15) is 20.7 Å². The van der Waals surface area contributed by atoms with Gasteiger partial charge in [-0.2, -0.15) is 0 Å². The average molecular weight is 414 g/mol. The fraction of sp³-hybridized carbons (Fsp3) is 0.133. The highest BCUT2D eigenvalue weighted by Gasteiger charge is 2.14. The van der Waals surface area contributed by atoms with Crippen molar-refractivity contribution in [2.24, 2.45) is 0 Å². The van der Waals surface area contributed by atoms with E-state index >= 15 is 0 Å². The summed E-state index contributed by atoms with van der Waals surface area (Å²) in [7, 11) is 0. The summed E-state index contributed by atoms with van der Waals surface area (Å²) in [6, 6.07) is 9.76. The number of amides is 1. The van der Waals surface area contributed by atoms with Crippen molar-refractivity contribution >= 4 is 55.8 Å². The summed E-state index contributed by atoms with van der Waals surface area (Å²) in [5, 5.41) is 16.9. The average Bonchev–Trinajstić information content (AvgIpc) is 3.23. The molecule has 0 radical (unpaired) electrons. The van der Waals surface area contributed by atoms with Crippen LogP contribution in [-0.2, 0) is 0 Å². The van der Waals surface area contributed by atoms with E-state index in [2.05, 4.69) is 27.3 Å². The molecule has 0 unspecified atom stereocenters. The third-order valence-corrected chi connectivity index (χ3v) is 6.91. The van der Waals surface area contributed by atoms with Crippen LogP contribution in [0.15, 0.2) is 45.6 Å². The zero-order valence-corrected chi connectivity index (χ0v) is 15.3. The Bertz CT molecular complexity index is 763. The minimum Gasteiger partial charge on any atom is -0.386 e. The number of hydrogen-bond acceptors (Lipinski definition) is 5. The fourth-order valence-corrected chi connectivity index (χ4v) is 5.06. The fourth-order valence-electron chi connectivity index (χ4n) is 1.89. The molecular formula is C15H12BrNO2S3. The number of halogens is 1. The normalized spacial score (nSPS) is 12.3. The number of nitrogens with one attached hydrogen (secondary N) is 1. The Morgan fingerprint density at radius 3 is 2.82 bits per heavy atom. The maximum atomic E-state index is 12.0. The lowest BCUT2D eigenvalue weighted by atomic mass is 10.3. The Morgan fingerprint density at radius 1 is 1.27 bits per heavy atom. The Morgan fingerprint density at radius 2 is 2.14 bits per heavy atom. The van der Waals surface area contributed by atoms with Crippen molar-refractivity contribution in [3.63, 3.8) is 0 Å². The van der Waals surface area contributed by atoms with Crippen molar-refractivity contribution in [3.05, 3.63) is 55.3 Å². The van der Waals surface area contributed by atoms with Crippen LogP contribution in [-0.4, -0.2) is 17.6 Å². The highest BCUT2D eigenvalue weighted by molar-refractivity contribution is 9.10. The van der Waals surface area contributed by atoms with E-state index in [0.29, 0.717) is 4.88 Å². The summed E-state index contributed by atoms with van der Waals surface area (Å²) in [4.78, 5) is 15.8. The molecule has 1 amide bonds. The standard InChI is InChI=1S/C15H12BrNO2S3/c16-9-6-14(21-8-9)15(19)17-7-10(18)11-3-4-13(22-11)12-2-1-5-20-12/h1-6,8,10,18H,7H2,(H,17,19)/t10-/m0/s1. The Balaban J connectivity index is 1.60. The molecule has 22 heavy (non-hydrogen) atoms. The summed E-state index contributed by atoms with van der Waals surface area (Å²) in [6.45, 7) is 0.207. The summed E-state index contributed by atoms with van der Waals surface area (Å²) in [5.74, 6) is -0.162. The van der Waals surface area contributed by atoms with Crippen molar-refractivity contribution in [2.45, 2.75) is 6.10 Å². The predicted molar refractivity (Wildman–Crippen MR) is 96.9 cm³/mol. The van der Waals surface area contributed by atoms with Crippen LogP contribution in [0.2, 0.25) is 0 Å². The summed E-state index contributed by atoms with van der Waals surface area (Å²) >= 11 is 7.92. The second-order valence-electron chi connectivity index (χ2n) is 4.53. The largest absolute Gasteiger partial charge is 0.386 e. The second kappa shape index (κ2) is 7.06. The molecule has 0 saturated heterocycles. The maximum absolute atomic E-state index is 12.0. The van der Waals surface area contributed by atoms with Gasteiger partial charge in [0.2, 0.25) is 0 Å². The van der Waals surface area contributed by atoms with Gasteiger partial charge in [0.15, 0.2) is 0 Å². The molecule has 3 nitrogen and oxygen atoms in total. The van der Waals surface area contributed by atoms with Gasteiger partial charge in [0.25, 0.3) is 5.91 Å². The molecule has 1 atom stereocenters. The van der Waals surface area contributed by atoms with Gasteiger partial charge in [-0.1, -0.05) is 6.07 Å². The molecular weight excluding hydrogens is 402 g/mol. The summed E-state index contributed by atoms with van der Waals surface area (Å²) < 4.78 is 0.891. The molecule has 2 N–H and O–H groups in total. The molecule has 3 aromatic heterocycles. The molecule has 0 saturated carbocycles. The molecule has 3 heterocycles. The van der Waals surface area contributed by atoms with Crippen molar-refractivity contribution in [2.75, 3.05) is 6.54 Å². The highest BCUT2D eigenvalue weighted by atomic mass is 79.9. The van der Waals surface area contributed by atoms with E-state index in [1.807, 2.05) is 29.0 Å². The van der Waals surface area contributed by atoms with Crippen LogP contribution in [0.3, 0.4) is 0 Å². The second-order valence-corrected chi connectivity index (χ2v) is 8.42. The number of carbonyl (C=O) groups is 1. The van der Waals surface area contributed by atoms with Gasteiger partial charge >= 0.3 is 0 Å². The minimum absolute atomic E-state index is 0.162. The van der Waals surface area contributed by atoms with Crippen LogP contribution < -0.4 is 5.32 Å². The van der Waals surface area contributed by atoms with Crippen LogP contribution in [0, 0.1) is 0 Å². The van der Waals surface area contributed by atoms with E-state index in [-0.39, 0.29) is 12.5 Å². The number of rotatable bonds is 5. The van der Waals surface area contributed by atoms with Gasteiger partial charge in [0.1, 0.15) is 6.10 Å². The van der Waals surface area contributed by atoms with Gasteiger partial charge in [-0.3, -0.25) is 4.79 Å². The molecule has 0 fully saturated rings. The lowest BCUT2D eigenvalue weighted by Crippen LogP contribution is -2.27. The Kier molecular flexibility index (Phi) is 5.10. The molecule has 3 aromatic rings. The van der Waals surface area contributed by atoms with E-state index in [9.17, 15) is 9.90 Å². The van der Waals surface area contributed by atoms with Crippen molar-refractivity contribution in [1.82, 2.24) is 5.32 Å². The number of thiophene rings is 3. The van der Waals surface area contributed by atoms with Gasteiger partial charge < -0.3 is 10.4 Å². The Labute approximate surface area is 148 Å². The number of carbonyl (C=O) groups excluding carboxylic acids is 1. The van der Waals surface area contributed by atoms with Crippen molar-refractivity contribution in [3.8, 4) is 9.75 Å². The zero-order chi connectivity index (χ0) is 15.5. The predicted octanol–water partition coefficient (Wildman–Crippen LogP) is 4.76. The quantitative estimate of drug-likeness (QED) is 0.632. The van der Waals surface area contributed by atoms with Crippen LogP contribution in [0.5, 0.6) is 0 Å². The van der Waals surface area contributed by atoms with Crippen LogP contribution in [0.4, 0.5) is 0 Å². The summed E-state index contributed by atoms with van der Waals surface area (Å²) in [5.41, 5.74) is 0. The van der Waals surface area contributed by atoms with Crippen LogP contribution in [0.25, 0.3) is 9.75 Å². The maximum Gasteiger partial charge on any atom is 0.261 e. The van der Waals surface area contributed by atoms with E-state index in [1.165, 1.54) is 16.2 Å². The molecule has 0 aromatic carbocycles. The smallest absolute Gasteiger partial charge is 0.261 e. The molecule has 114 valence electrons. The Hall–Kier alpha value is -0.990. The van der Waals surface area contributed by atoms with Crippen molar-refractivity contribution in [1.29, 1.82) is 0 Å². The number of aliphatic hydroxyl groups excluding tert-OH is 1. The first kappa shape index (κ1) is 15.9. The van der Waals surface area contributed by atoms with Gasteiger partial charge in [-0.15, -0.1) is 34.0 Å². The SMILES string of the molecule is O=C(NC[C@H](O)c1ccc(-c2cccs2)s1)c1cc(Br)cs1. The zero-order valence-electron chi connectivity index (χ0n) is 11.3. The van der Waals surface area contributed by atoms with E-state index in [4.69, 9.17) is 0 Å². The highest BCUT2D eigenvalue weighted by Crippen LogP contribution is 2.33. The third kappa shape index (κ3) is 3.67. The molecule has 0 bridgehead atoms. The number of aliphatic hydroxyl groups is 1. The summed E-state index contributed by atoms with van der Waals surface area (Å²) in [6.07, 6.45) is -0.689. The monoisotopic (exact) mass is 413 g/mol.